The van der Waals surface area contributed by atoms with Crippen molar-refractivity contribution in [2.45, 2.75) is 6.18 Å². The molecule has 2 aromatic rings. The summed E-state index contributed by atoms with van der Waals surface area (Å²) in [6.45, 7) is -1.25. The Morgan fingerprint density at radius 2 is 1.68 bits per heavy atom. The zero-order valence-electron chi connectivity index (χ0n) is 14.2. The van der Waals surface area contributed by atoms with Crippen molar-refractivity contribution < 1.29 is 36.7 Å². The molecule has 2 N–H and O–H groups in total. The Kier molecular flexibility index (Phi) is 6.69. The second kappa shape index (κ2) is 8.98. The van der Waals surface area contributed by atoms with Gasteiger partial charge in [-0.15, -0.1) is 0 Å². The average Bonchev–Trinajstić information content (AvgIpc) is 2.64. The van der Waals surface area contributed by atoms with Crippen LogP contribution in [0, 0.1) is 5.82 Å². The van der Waals surface area contributed by atoms with Crippen LogP contribution in [0.25, 0.3) is 0 Å². The fourth-order valence-electron chi connectivity index (χ4n) is 2.03. The third kappa shape index (κ3) is 6.38. The third-order valence-electron chi connectivity index (χ3n) is 3.34. The van der Waals surface area contributed by atoms with E-state index in [0.29, 0.717) is 0 Å². The highest BCUT2D eigenvalue weighted by molar-refractivity contribution is 5.96. The van der Waals surface area contributed by atoms with E-state index in [1.807, 2.05) is 0 Å². The molecule has 0 aromatic heterocycles. The van der Waals surface area contributed by atoms with Crippen molar-refractivity contribution in [2.75, 3.05) is 18.5 Å². The first-order valence-corrected chi connectivity index (χ1v) is 7.81. The quantitative estimate of drug-likeness (QED) is 0.579. The molecule has 0 unspecified atom stereocenters. The maximum absolute atomic E-state index is 13.0. The van der Waals surface area contributed by atoms with Crippen LogP contribution >= 0.6 is 0 Å². The van der Waals surface area contributed by atoms with E-state index >= 15 is 0 Å². The number of esters is 1. The summed E-state index contributed by atoms with van der Waals surface area (Å²) < 4.78 is 55.1. The van der Waals surface area contributed by atoms with Gasteiger partial charge in [0.25, 0.3) is 11.8 Å². The number of nitrogens with one attached hydrogen (secondary N) is 2. The van der Waals surface area contributed by atoms with E-state index in [1.54, 1.807) is 0 Å². The van der Waals surface area contributed by atoms with Crippen molar-refractivity contribution >= 4 is 23.5 Å². The Morgan fingerprint density at radius 3 is 2.29 bits per heavy atom. The SMILES string of the molecule is O=C(COC(=O)CNC(=O)c1ccc(C(F)(F)F)cc1)Nc1cccc(F)c1. The number of hydrogen-bond acceptors (Lipinski definition) is 4. The van der Waals surface area contributed by atoms with Crippen molar-refractivity contribution in [3.05, 3.63) is 65.5 Å². The molecule has 10 heteroatoms. The molecule has 2 aromatic carbocycles. The zero-order valence-corrected chi connectivity index (χ0v) is 14.2. The lowest BCUT2D eigenvalue weighted by molar-refractivity contribution is -0.146. The molecular formula is C18H14F4N2O4. The lowest BCUT2D eigenvalue weighted by Crippen LogP contribution is -2.32. The van der Waals surface area contributed by atoms with Gasteiger partial charge in [-0.3, -0.25) is 14.4 Å². The van der Waals surface area contributed by atoms with Gasteiger partial charge in [-0.25, -0.2) is 4.39 Å². The maximum Gasteiger partial charge on any atom is 0.416 e. The highest BCUT2D eigenvalue weighted by Crippen LogP contribution is 2.29. The summed E-state index contributed by atoms with van der Waals surface area (Å²) in [7, 11) is 0. The van der Waals surface area contributed by atoms with Crippen LogP contribution in [-0.2, 0) is 20.5 Å². The number of hydrogen-bond donors (Lipinski definition) is 2. The Balaban J connectivity index is 1.75. The summed E-state index contributed by atoms with van der Waals surface area (Å²) in [5.74, 6) is -2.99. The molecule has 0 radical (unpaired) electrons. The lowest BCUT2D eigenvalue weighted by atomic mass is 10.1. The summed E-state index contributed by atoms with van der Waals surface area (Å²) in [6.07, 6.45) is -4.52. The fourth-order valence-corrected chi connectivity index (χ4v) is 2.03. The normalized spacial score (nSPS) is 10.9. The first-order chi connectivity index (χ1) is 13.1. The van der Waals surface area contributed by atoms with Gasteiger partial charge in [-0.1, -0.05) is 6.07 Å². The van der Waals surface area contributed by atoms with E-state index in [2.05, 4.69) is 15.4 Å². The lowest BCUT2D eigenvalue weighted by Gasteiger charge is -2.09. The van der Waals surface area contributed by atoms with Gasteiger partial charge in [0, 0.05) is 11.3 Å². The molecule has 148 valence electrons. The molecule has 0 saturated heterocycles. The van der Waals surface area contributed by atoms with Gasteiger partial charge in [-0.05, 0) is 42.5 Å². The number of carbonyl (C=O) groups excluding carboxylic acids is 3. The summed E-state index contributed by atoms with van der Waals surface area (Å²) in [6, 6.07) is 8.50. The standard InChI is InChI=1S/C18H14F4N2O4/c19-13-2-1-3-14(8-13)24-15(25)10-28-16(26)9-23-17(27)11-4-6-12(7-5-11)18(20,21)22/h1-8H,9-10H2,(H,23,27)(H,24,25). The molecule has 0 atom stereocenters. The molecule has 0 fully saturated rings. The van der Waals surface area contributed by atoms with Gasteiger partial charge < -0.3 is 15.4 Å². The summed E-state index contributed by atoms with van der Waals surface area (Å²) >= 11 is 0. The molecule has 2 amide bonds. The smallest absolute Gasteiger partial charge is 0.416 e. The Hall–Kier alpha value is -3.43. The number of carbonyl (C=O) groups is 3. The Morgan fingerprint density at radius 1 is 1.00 bits per heavy atom. The van der Waals surface area contributed by atoms with E-state index in [9.17, 15) is 31.9 Å². The summed E-state index contributed by atoms with van der Waals surface area (Å²) in [4.78, 5) is 35.0. The summed E-state index contributed by atoms with van der Waals surface area (Å²) in [5, 5.41) is 4.47. The van der Waals surface area contributed by atoms with Crippen molar-refractivity contribution in [2.24, 2.45) is 0 Å². The molecule has 2 rings (SSSR count). The molecule has 6 nitrogen and oxygen atoms in total. The van der Waals surface area contributed by atoms with Crippen LogP contribution in [0.5, 0.6) is 0 Å². The minimum atomic E-state index is -4.52. The van der Waals surface area contributed by atoms with Gasteiger partial charge in [0.2, 0.25) is 0 Å². The molecular weight excluding hydrogens is 384 g/mol. The van der Waals surface area contributed by atoms with Crippen LogP contribution in [-0.4, -0.2) is 30.9 Å². The number of anilines is 1. The van der Waals surface area contributed by atoms with Crippen molar-refractivity contribution in [1.82, 2.24) is 5.32 Å². The molecule has 0 spiro atoms. The topological polar surface area (TPSA) is 84.5 Å². The Bertz CT molecular complexity index is 867. The largest absolute Gasteiger partial charge is 0.454 e. The number of halogens is 4. The highest BCUT2D eigenvalue weighted by atomic mass is 19.4. The van der Waals surface area contributed by atoms with Gasteiger partial charge in [0.05, 0.1) is 5.56 Å². The van der Waals surface area contributed by atoms with Gasteiger partial charge in [0.1, 0.15) is 12.4 Å². The monoisotopic (exact) mass is 398 g/mol. The molecule has 0 bridgehead atoms. The first kappa shape index (κ1) is 20.9. The zero-order chi connectivity index (χ0) is 20.7. The van der Waals surface area contributed by atoms with E-state index < -0.39 is 48.5 Å². The molecule has 0 saturated carbocycles. The predicted octanol–water partition coefficient (Wildman–Crippen LogP) is 2.76. The van der Waals surface area contributed by atoms with Crippen molar-refractivity contribution in [3.8, 4) is 0 Å². The van der Waals surface area contributed by atoms with E-state index in [-0.39, 0.29) is 11.3 Å². The third-order valence-corrected chi connectivity index (χ3v) is 3.34. The summed E-state index contributed by atoms with van der Waals surface area (Å²) in [5.41, 5.74) is -0.811. The van der Waals surface area contributed by atoms with E-state index in [1.165, 1.54) is 18.2 Å². The van der Waals surface area contributed by atoms with Crippen molar-refractivity contribution in [1.29, 1.82) is 0 Å². The second-order valence-corrected chi connectivity index (χ2v) is 5.48. The highest BCUT2D eigenvalue weighted by Gasteiger charge is 2.30. The van der Waals surface area contributed by atoms with Crippen LogP contribution in [0.4, 0.5) is 23.2 Å². The molecule has 0 aliphatic heterocycles. The second-order valence-electron chi connectivity index (χ2n) is 5.48. The van der Waals surface area contributed by atoms with Gasteiger partial charge in [-0.2, -0.15) is 13.2 Å². The number of rotatable bonds is 6. The van der Waals surface area contributed by atoms with Crippen molar-refractivity contribution in [3.63, 3.8) is 0 Å². The van der Waals surface area contributed by atoms with Crippen LogP contribution in [0.1, 0.15) is 15.9 Å². The predicted molar refractivity (Wildman–Crippen MR) is 89.8 cm³/mol. The number of alkyl halides is 3. The van der Waals surface area contributed by atoms with Crippen LogP contribution in [0.2, 0.25) is 0 Å². The number of benzene rings is 2. The molecule has 0 aliphatic carbocycles. The minimum Gasteiger partial charge on any atom is -0.454 e. The van der Waals surface area contributed by atoms with E-state index in [0.717, 1.165) is 30.3 Å². The molecule has 0 heterocycles. The fraction of sp³-hybridized carbons (Fsp3) is 0.167. The number of amides is 2. The first-order valence-electron chi connectivity index (χ1n) is 7.81. The van der Waals surface area contributed by atoms with Gasteiger partial charge >= 0.3 is 12.1 Å². The van der Waals surface area contributed by atoms with Crippen LogP contribution in [0.15, 0.2) is 48.5 Å². The molecule has 0 aliphatic rings. The van der Waals surface area contributed by atoms with E-state index in [4.69, 9.17) is 0 Å². The Labute approximate surface area is 156 Å². The molecule has 28 heavy (non-hydrogen) atoms. The van der Waals surface area contributed by atoms with Gasteiger partial charge in [0.15, 0.2) is 6.61 Å². The average molecular weight is 398 g/mol. The number of ether oxygens (including phenoxy) is 1. The maximum atomic E-state index is 13.0. The minimum absolute atomic E-state index is 0.0790. The van der Waals surface area contributed by atoms with Crippen LogP contribution in [0.3, 0.4) is 0 Å². The van der Waals surface area contributed by atoms with Crippen LogP contribution < -0.4 is 10.6 Å².